The van der Waals surface area contributed by atoms with Gasteiger partial charge in [-0.3, -0.25) is 19.9 Å². The van der Waals surface area contributed by atoms with Crippen molar-refractivity contribution in [1.29, 1.82) is 0 Å². The van der Waals surface area contributed by atoms with Gasteiger partial charge in [-0.15, -0.1) is 0 Å². The van der Waals surface area contributed by atoms with Crippen LogP contribution in [0.5, 0.6) is 0 Å². The first kappa shape index (κ1) is 39.8. The Balaban J connectivity index is 1.42. The highest BCUT2D eigenvalue weighted by atomic mass is 15.0. The molecule has 0 bridgehead atoms. The minimum Gasteiger partial charge on any atom is -0.257 e. The lowest BCUT2D eigenvalue weighted by Crippen LogP contribution is -2.05. The summed E-state index contributed by atoms with van der Waals surface area (Å²) in [6.07, 6.45) is 25.0. The summed E-state index contributed by atoms with van der Waals surface area (Å²) in [5.74, 6) is 1.60. The van der Waals surface area contributed by atoms with E-state index in [-0.39, 0.29) is 0 Å². The molecular weight excluding hydrogens is 747 g/mol. The Morgan fingerprint density at radius 2 is 1.16 bits per heavy atom. The van der Waals surface area contributed by atoms with E-state index < -0.39 is 0 Å². The summed E-state index contributed by atoms with van der Waals surface area (Å²) in [6.45, 7) is 14.6. The van der Waals surface area contributed by atoms with E-state index in [4.69, 9.17) is 24.9 Å². The van der Waals surface area contributed by atoms with Crippen LogP contribution in [-0.4, -0.2) is 34.9 Å². The SMILES string of the molecule is C=C/C=C(\C=C)c1nc(C2=CCCC=C2)nc(-c2cc(C(=C/C(=C)c3ccccn3)/C=C(\C)c3ccccn3)cc(-c3cc(-c4ccccn4)cc(-c4ccccn4)c3)c2)n1. The summed E-state index contributed by atoms with van der Waals surface area (Å²) in [5, 5.41) is 0. The lowest BCUT2D eigenvalue weighted by molar-refractivity contribution is 0.985. The zero-order valence-electron chi connectivity index (χ0n) is 34.0. The van der Waals surface area contributed by atoms with Crippen LogP contribution in [0.2, 0.25) is 0 Å². The molecule has 7 nitrogen and oxygen atoms in total. The van der Waals surface area contributed by atoms with Crippen LogP contribution in [0.15, 0.2) is 202 Å². The van der Waals surface area contributed by atoms with Crippen molar-refractivity contribution in [3.63, 3.8) is 0 Å². The van der Waals surface area contributed by atoms with E-state index in [1.807, 2.05) is 91.3 Å². The molecule has 61 heavy (non-hydrogen) atoms. The smallest absolute Gasteiger partial charge is 0.164 e. The van der Waals surface area contributed by atoms with Gasteiger partial charge in [-0.25, -0.2) is 15.0 Å². The summed E-state index contributed by atoms with van der Waals surface area (Å²) in [4.78, 5) is 34.0. The summed E-state index contributed by atoms with van der Waals surface area (Å²) in [7, 11) is 0. The van der Waals surface area contributed by atoms with Crippen LogP contribution in [0.3, 0.4) is 0 Å². The first-order chi connectivity index (χ1) is 29.9. The van der Waals surface area contributed by atoms with E-state index in [2.05, 4.69) is 103 Å². The zero-order chi connectivity index (χ0) is 42.0. The van der Waals surface area contributed by atoms with Crippen LogP contribution in [0.4, 0.5) is 0 Å². The molecule has 7 heteroatoms. The fourth-order valence-electron chi connectivity index (χ4n) is 7.08. The van der Waals surface area contributed by atoms with Crippen molar-refractivity contribution in [3.05, 3.63) is 231 Å². The maximum atomic E-state index is 5.17. The van der Waals surface area contributed by atoms with Gasteiger partial charge in [-0.2, -0.15) is 0 Å². The van der Waals surface area contributed by atoms with Crippen molar-refractivity contribution in [2.24, 2.45) is 0 Å². The van der Waals surface area contributed by atoms with Crippen molar-refractivity contribution in [2.45, 2.75) is 19.8 Å². The van der Waals surface area contributed by atoms with Crippen molar-refractivity contribution >= 4 is 27.9 Å². The van der Waals surface area contributed by atoms with E-state index in [1.54, 1.807) is 24.5 Å². The van der Waals surface area contributed by atoms with Crippen molar-refractivity contribution in [2.75, 3.05) is 0 Å². The molecule has 5 heterocycles. The van der Waals surface area contributed by atoms with Crippen LogP contribution in [0.1, 0.15) is 48.4 Å². The first-order valence-electron chi connectivity index (χ1n) is 20.1. The van der Waals surface area contributed by atoms with E-state index in [9.17, 15) is 0 Å². The quantitative estimate of drug-likeness (QED) is 0.107. The van der Waals surface area contributed by atoms with Crippen LogP contribution in [0.25, 0.3) is 72.9 Å². The van der Waals surface area contributed by atoms with Crippen LogP contribution < -0.4 is 0 Å². The van der Waals surface area contributed by atoms with Crippen molar-refractivity contribution in [1.82, 2.24) is 34.9 Å². The van der Waals surface area contributed by atoms with Gasteiger partial charge in [0.05, 0.1) is 22.8 Å². The maximum Gasteiger partial charge on any atom is 0.164 e. The van der Waals surface area contributed by atoms with Gasteiger partial charge in [0, 0.05) is 52.6 Å². The molecule has 1 aliphatic rings. The van der Waals surface area contributed by atoms with Gasteiger partial charge < -0.3 is 0 Å². The molecule has 0 radical (unpaired) electrons. The molecule has 294 valence electrons. The fourth-order valence-corrected chi connectivity index (χ4v) is 7.08. The number of hydrogen-bond donors (Lipinski definition) is 0. The Labute approximate surface area is 357 Å². The van der Waals surface area contributed by atoms with E-state index in [0.717, 1.165) is 96.9 Å². The topological polar surface area (TPSA) is 90.2 Å². The van der Waals surface area contributed by atoms with Gasteiger partial charge in [0.1, 0.15) is 0 Å². The molecule has 8 rings (SSSR count). The molecule has 0 spiro atoms. The molecule has 0 N–H and O–H groups in total. The number of nitrogens with zero attached hydrogens (tertiary/aromatic N) is 7. The molecule has 0 saturated heterocycles. The van der Waals surface area contributed by atoms with Crippen LogP contribution in [0, 0.1) is 0 Å². The van der Waals surface area contributed by atoms with Gasteiger partial charge in [0.2, 0.25) is 0 Å². The molecule has 0 aliphatic heterocycles. The second kappa shape index (κ2) is 18.7. The van der Waals surface area contributed by atoms with Gasteiger partial charge >= 0.3 is 0 Å². The number of hydrogen-bond acceptors (Lipinski definition) is 7. The van der Waals surface area contributed by atoms with Crippen molar-refractivity contribution < 1.29 is 0 Å². The molecule has 0 amide bonds. The molecule has 0 atom stereocenters. The Hall–Kier alpha value is -8.03. The monoisotopic (exact) mass is 789 g/mol. The standard InChI is InChI=1S/C54H43N7/c1-5-18-39(6-2)52-59-53(40-19-8-7-9-20-40)61-54(60-52)47-34-42(41(29-37(3)48-21-10-14-25-55-48)30-38(4)49-22-11-15-26-56-49)31-43(35-47)44-32-45(50-23-12-16-27-57-50)36-46(33-44)51-24-13-17-28-58-51/h5-6,8,10-36H,1-3,7,9H2,4H3/b38-30+,39-18+,41-29+. The Morgan fingerprint density at radius 1 is 0.574 bits per heavy atom. The third-order valence-corrected chi connectivity index (χ3v) is 10.1. The molecule has 0 saturated carbocycles. The summed E-state index contributed by atoms with van der Waals surface area (Å²) in [5.41, 5.74) is 13.2. The molecule has 7 aromatic rings. The van der Waals surface area contributed by atoms with Crippen molar-refractivity contribution in [3.8, 4) is 45.0 Å². The lowest BCUT2D eigenvalue weighted by atomic mass is 9.91. The fraction of sp³-hybridized carbons (Fsp3) is 0.0556. The van der Waals surface area contributed by atoms with Gasteiger partial charge in [-0.1, -0.05) is 80.5 Å². The first-order valence-corrected chi connectivity index (χ1v) is 20.1. The normalized spacial score (nSPS) is 13.1. The number of rotatable bonds is 13. The van der Waals surface area contributed by atoms with E-state index >= 15 is 0 Å². The zero-order valence-corrected chi connectivity index (χ0v) is 34.0. The molecule has 1 aliphatic carbocycles. The van der Waals surface area contributed by atoms with Gasteiger partial charge in [0.15, 0.2) is 17.5 Å². The predicted octanol–water partition coefficient (Wildman–Crippen LogP) is 12.8. The highest BCUT2D eigenvalue weighted by Crippen LogP contribution is 2.37. The number of allylic oxidation sites excluding steroid dienone is 13. The minimum atomic E-state index is 0.501. The number of benzene rings is 2. The third kappa shape index (κ3) is 9.48. The number of pyridine rings is 4. The van der Waals surface area contributed by atoms with E-state index in [1.165, 1.54) is 0 Å². The summed E-state index contributed by atoms with van der Waals surface area (Å²) in [6, 6.07) is 36.6. The average Bonchev–Trinajstić information content (AvgIpc) is 3.34. The molecule has 0 fully saturated rings. The molecule has 2 aromatic carbocycles. The predicted molar refractivity (Wildman–Crippen MR) is 251 cm³/mol. The van der Waals surface area contributed by atoms with E-state index in [0.29, 0.717) is 17.5 Å². The second-order valence-electron chi connectivity index (χ2n) is 14.4. The van der Waals surface area contributed by atoms with Gasteiger partial charge in [0.25, 0.3) is 0 Å². The largest absolute Gasteiger partial charge is 0.257 e. The van der Waals surface area contributed by atoms with Crippen LogP contribution in [-0.2, 0) is 0 Å². The average molecular weight is 790 g/mol. The lowest BCUT2D eigenvalue weighted by Gasteiger charge is -2.16. The highest BCUT2D eigenvalue weighted by Gasteiger charge is 2.18. The maximum absolute atomic E-state index is 5.17. The third-order valence-electron chi connectivity index (χ3n) is 10.1. The Morgan fingerprint density at radius 3 is 1.75 bits per heavy atom. The summed E-state index contributed by atoms with van der Waals surface area (Å²) < 4.78 is 0. The highest BCUT2D eigenvalue weighted by molar-refractivity contribution is 5.93. The molecule has 0 unspecified atom stereocenters. The Kier molecular flexibility index (Phi) is 12.2. The molecular formula is C54H43N7. The van der Waals surface area contributed by atoms with Crippen LogP contribution >= 0.6 is 0 Å². The second-order valence-corrected chi connectivity index (χ2v) is 14.4. The molecule has 5 aromatic heterocycles. The minimum absolute atomic E-state index is 0.501. The van der Waals surface area contributed by atoms with Gasteiger partial charge in [-0.05, 0) is 150 Å². The number of aromatic nitrogens is 7. The summed E-state index contributed by atoms with van der Waals surface area (Å²) >= 11 is 0. The Bertz CT molecular complexity index is 2830.